The van der Waals surface area contributed by atoms with Gasteiger partial charge in [0.05, 0.1) is 23.4 Å². The van der Waals surface area contributed by atoms with Crippen LogP contribution in [0, 0.1) is 5.41 Å². The van der Waals surface area contributed by atoms with Crippen LogP contribution >= 0.6 is 11.6 Å². The number of fused-ring (bicyclic) bond motifs is 3. The first kappa shape index (κ1) is 22.7. The van der Waals surface area contributed by atoms with Crippen LogP contribution in [0.2, 0.25) is 5.15 Å². The van der Waals surface area contributed by atoms with Crippen molar-refractivity contribution in [2.45, 2.75) is 69.7 Å². The zero-order valence-electron chi connectivity index (χ0n) is 17.6. The number of rotatable bonds is 7. The van der Waals surface area contributed by atoms with E-state index in [0.717, 1.165) is 38.5 Å². The van der Waals surface area contributed by atoms with Crippen molar-refractivity contribution in [3.05, 3.63) is 23.0 Å². The van der Waals surface area contributed by atoms with Crippen LogP contribution in [0.5, 0.6) is 0 Å². The molecule has 4 rings (SSSR count). The van der Waals surface area contributed by atoms with Crippen LogP contribution in [0.3, 0.4) is 0 Å². The summed E-state index contributed by atoms with van der Waals surface area (Å²) in [4.78, 5) is 29.0. The first-order chi connectivity index (χ1) is 14.0. The summed E-state index contributed by atoms with van der Waals surface area (Å²) in [5.41, 5.74) is -1.24. The molecule has 1 atom stereocenters. The largest absolute Gasteiger partial charge is 0.387 e. The second-order valence-electron chi connectivity index (χ2n) is 9.15. The van der Waals surface area contributed by atoms with Crippen LogP contribution in [-0.2, 0) is 4.79 Å². The fourth-order valence-electron chi connectivity index (χ4n) is 4.51. The van der Waals surface area contributed by atoms with Crippen molar-refractivity contribution >= 4 is 29.1 Å². The Hall–Kier alpha value is -1.93. The van der Waals surface area contributed by atoms with Crippen molar-refractivity contribution in [1.82, 2.24) is 15.6 Å². The van der Waals surface area contributed by atoms with Crippen LogP contribution < -0.4 is 16.0 Å². The van der Waals surface area contributed by atoms with E-state index in [2.05, 4.69) is 20.9 Å². The Kier molecular flexibility index (Phi) is 6.30. The minimum absolute atomic E-state index is 0.107. The molecule has 1 aromatic heterocycles. The molecule has 2 bridgehead atoms. The summed E-state index contributed by atoms with van der Waals surface area (Å²) in [7, 11) is 1.68. The van der Waals surface area contributed by atoms with Crippen molar-refractivity contribution in [3.63, 3.8) is 0 Å². The van der Waals surface area contributed by atoms with Gasteiger partial charge in [-0.05, 0) is 58.4 Å². The average Bonchev–Trinajstić information content (AvgIpc) is 2.71. The summed E-state index contributed by atoms with van der Waals surface area (Å²) >= 11 is 6.08. The maximum Gasteiger partial charge on any atom is 0.255 e. The Labute approximate surface area is 181 Å². The van der Waals surface area contributed by atoms with Gasteiger partial charge in [-0.15, -0.1) is 0 Å². The van der Waals surface area contributed by atoms with Crippen molar-refractivity contribution in [2.75, 3.05) is 18.9 Å². The fourth-order valence-corrected chi connectivity index (χ4v) is 4.66. The van der Waals surface area contributed by atoms with Crippen molar-refractivity contribution in [1.29, 1.82) is 0 Å². The lowest BCUT2D eigenvalue weighted by molar-refractivity contribution is -0.136. The van der Waals surface area contributed by atoms with Crippen molar-refractivity contribution in [3.8, 4) is 0 Å². The normalized spacial score (nSPS) is 26.7. The summed E-state index contributed by atoms with van der Waals surface area (Å²) in [6.45, 7) is 2.39. The van der Waals surface area contributed by atoms with Gasteiger partial charge in [0.15, 0.2) is 0 Å². The fraction of sp³-hybridized carbons (Fsp3) is 0.667. The van der Waals surface area contributed by atoms with Crippen LogP contribution in [0.1, 0.15) is 62.7 Å². The molecule has 0 unspecified atom stereocenters. The number of carbonyl (C=O) groups excluding carboxylic acids is 2. The number of hydrogen-bond donors (Lipinski definition) is 4. The van der Waals surface area contributed by atoms with Gasteiger partial charge in [-0.3, -0.25) is 9.59 Å². The molecule has 30 heavy (non-hydrogen) atoms. The van der Waals surface area contributed by atoms with Gasteiger partial charge in [0.1, 0.15) is 11.3 Å². The second kappa shape index (κ2) is 8.30. The number of halogens is 2. The van der Waals surface area contributed by atoms with Gasteiger partial charge in [0, 0.05) is 24.2 Å². The van der Waals surface area contributed by atoms with Crippen LogP contribution in [0.25, 0.3) is 0 Å². The van der Waals surface area contributed by atoms with Crippen LogP contribution in [0.4, 0.5) is 10.1 Å². The highest BCUT2D eigenvalue weighted by atomic mass is 35.5. The lowest BCUT2D eigenvalue weighted by Gasteiger charge is -2.53. The van der Waals surface area contributed by atoms with Gasteiger partial charge in [0.2, 0.25) is 5.91 Å². The van der Waals surface area contributed by atoms with E-state index < -0.39 is 17.7 Å². The second-order valence-corrected chi connectivity index (χ2v) is 9.54. The van der Waals surface area contributed by atoms with Crippen LogP contribution in [-0.4, -0.2) is 52.8 Å². The number of amides is 2. The minimum Gasteiger partial charge on any atom is -0.387 e. The van der Waals surface area contributed by atoms with E-state index in [-0.39, 0.29) is 34.1 Å². The minimum atomic E-state index is -1.61. The topological polar surface area (TPSA) is 103 Å². The summed E-state index contributed by atoms with van der Waals surface area (Å²) in [6, 6.07) is 1.60. The Bertz CT molecular complexity index is 802. The van der Waals surface area contributed by atoms with E-state index in [1.165, 1.54) is 20.0 Å². The van der Waals surface area contributed by atoms with Gasteiger partial charge in [0.25, 0.3) is 5.91 Å². The third-order valence-electron chi connectivity index (χ3n) is 6.68. The van der Waals surface area contributed by atoms with Gasteiger partial charge < -0.3 is 21.1 Å². The number of aliphatic hydroxyl groups is 1. The van der Waals surface area contributed by atoms with Gasteiger partial charge >= 0.3 is 0 Å². The van der Waals surface area contributed by atoms with Crippen molar-refractivity contribution < 1.29 is 19.1 Å². The quantitative estimate of drug-likeness (QED) is 0.488. The lowest BCUT2D eigenvalue weighted by atomic mass is 9.57. The number of nitrogens with one attached hydrogen (secondary N) is 3. The molecule has 7 nitrogen and oxygen atoms in total. The highest BCUT2D eigenvalue weighted by molar-refractivity contribution is 6.29. The van der Waals surface area contributed by atoms with Gasteiger partial charge in [-0.1, -0.05) is 11.6 Å². The predicted octanol–water partition coefficient (Wildman–Crippen LogP) is 2.82. The number of aromatic nitrogens is 1. The van der Waals surface area contributed by atoms with E-state index >= 15 is 0 Å². The van der Waals surface area contributed by atoms with E-state index in [9.17, 15) is 19.1 Å². The Morgan fingerprint density at radius 3 is 2.40 bits per heavy atom. The molecule has 0 spiro atoms. The monoisotopic (exact) mass is 440 g/mol. The lowest BCUT2D eigenvalue weighted by Crippen LogP contribution is -2.55. The van der Waals surface area contributed by atoms with E-state index in [1.54, 1.807) is 13.1 Å². The summed E-state index contributed by atoms with van der Waals surface area (Å²) in [5, 5.41) is 18.8. The molecule has 1 heterocycles. The standard InChI is InChI=1S/C21H30ClFN4O3/c1-19(2,30)15(23)12-26-17(28)13-11-25-16(22)10-14(13)27-21-7-4-20(5-8-21,6-9-21)18(29)24-3/h10-11,15,30H,4-9,12H2,1-3H3,(H,24,29)(H,25,27)(H,26,28)/t15-,20?,21?/m1/s1. The third kappa shape index (κ3) is 4.54. The molecule has 1 aromatic rings. The van der Waals surface area contributed by atoms with Gasteiger partial charge in [-0.2, -0.15) is 0 Å². The third-order valence-corrected chi connectivity index (χ3v) is 6.89. The number of carbonyl (C=O) groups is 2. The molecule has 2 amide bonds. The number of alkyl halides is 1. The van der Waals surface area contributed by atoms with E-state index in [0.29, 0.717) is 5.69 Å². The molecule has 0 aliphatic heterocycles. The predicted molar refractivity (Wildman–Crippen MR) is 113 cm³/mol. The molecule has 3 fully saturated rings. The summed E-state index contributed by atoms with van der Waals surface area (Å²) in [5.74, 6) is -0.383. The SMILES string of the molecule is CNC(=O)C12CCC(Nc3cc(Cl)ncc3C(=O)NC[C@@H](F)C(C)(C)O)(CC1)CC2. The highest BCUT2D eigenvalue weighted by Gasteiger charge is 2.52. The summed E-state index contributed by atoms with van der Waals surface area (Å²) in [6.07, 6.45) is 4.56. The molecule has 3 aliphatic rings. The molecule has 3 saturated carbocycles. The Morgan fingerprint density at radius 2 is 1.87 bits per heavy atom. The zero-order valence-corrected chi connectivity index (χ0v) is 18.4. The Morgan fingerprint density at radius 1 is 1.27 bits per heavy atom. The average molecular weight is 441 g/mol. The van der Waals surface area contributed by atoms with E-state index in [4.69, 9.17) is 11.6 Å². The van der Waals surface area contributed by atoms with Crippen LogP contribution in [0.15, 0.2) is 12.3 Å². The number of pyridine rings is 1. The van der Waals surface area contributed by atoms with Crippen molar-refractivity contribution in [2.24, 2.45) is 5.41 Å². The Balaban J connectivity index is 1.74. The first-order valence-corrected chi connectivity index (χ1v) is 10.7. The first-order valence-electron chi connectivity index (χ1n) is 10.3. The maximum atomic E-state index is 14.0. The molecule has 3 aliphatic carbocycles. The molecule has 0 aromatic carbocycles. The molecule has 9 heteroatoms. The molecule has 166 valence electrons. The highest BCUT2D eigenvalue weighted by Crippen LogP contribution is 2.53. The number of hydrogen-bond acceptors (Lipinski definition) is 5. The number of nitrogens with zero attached hydrogens (tertiary/aromatic N) is 1. The molecular formula is C21H30ClFN4O3. The molecule has 0 radical (unpaired) electrons. The smallest absolute Gasteiger partial charge is 0.255 e. The molecule has 0 saturated heterocycles. The van der Waals surface area contributed by atoms with Gasteiger partial charge in [-0.25, -0.2) is 9.37 Å². The molecule has 4 N–H and O–H groups in total. The zero-order chi connectivity index (χ0) is 22.2. The number of anilines is 1. The van der Waals surface area contributed by atoms with E-state index in [1.807, 2.05) is 0 Å². The maximum absolute atomic E-state index is 14.0. The summed E-state index contributed by atoms with van der Waals surface area (Å²) < 4.78 is 14.0. The molecular weight excluding hydrogens is 411 g/mol.